The molecule has 23 heavy (non-hydrogen) atoms. The molecule has 7 heteroatoms. The van der Waals surface area contributed by atoms with E-state index in [9.17, 15) is 0 Å². The fourth-order valence-electron chi connectivity index (χ4n) is 2.24. The number of hydrogen-bond donors (Lipinski definition) is 1. The second-order valence-electron chi connectivity index (χ2n) is 5.33. The summed E-state index contributed by atoms with van der Waals surface area (Å²) in [5.41, 5.74) is 2.33. The maximum atomic E-state index is 5.40. The van der Waals surface area contributed by atoms with Crippen LogP contribution in [0.4, 0.5) is 0 Å². The molecule has 0 spiro atoms. The summed E-state index contributed by atoms with van der Waals surface area (Å²) in [6.45, 7) is 4.16. The average molecular weight is 314 g/mol. The van der Waals surface area contributed by atoms with Gasteiger partial charge in [-0.05, 0) is 24.1 Å². The fraction of sp³-hybridized carbons (Fsp3) is 0.312. The van der Waals surface area contributed by atoms with E-state index >= 15 is 0 Å². The Morgan fingerprint density at radius 3 is 2.65 bits per heavy atom. The number of methoxy groups -OCH3 is 2. The second kappa shape index (κ2) is 6.12. The van der Waals surface area contributed by atoms with Crippen molar-refractivity contribution in [2.75, 3.05) is 14.2 Å². The van der Waals surface area contributed by atoms with Crippen molar-refractivity contribution in [2.45, 2.75) is 19.8 Å². The number of hydrogen-bond acceptors (Lipinski definition) is 6. The van der Waals surface area contributed by atoms with Crippen LogP contribution < -0.4 is 9.47 Å². The first-order chi connectivity index (χ1) is 11.1. The molecule has 0 bridgehead atoms. The Hall–Kier alpha value is -2.83. The highest BCUT2D eigenvalue weighted by Gasteiger charge is 2.19. The molecule has 0 amide bonds. The summed E-state index contributed by atoms with van der Waals surface area (Å²) in [6, 6.07) is 7.41. The van der Waals surface area contributed by atoms with Crippen LogP contribution in [0, 0.1) is 0 Å². The van der Waals surface area contributed by atoms with Crippen LogP contribution in [0.15, 0.2) is 28.8 Å². The predicted molar refractivity (Wildman–Crippen MR) is 84.5 cm³/mol. The van der Waals surface area contributed by atoms with Gasteiger partial charge < -0.3 is 14.0 Å². The standard InChI is InChI=1S/C16H18N4O3/c1-9(2)11-8-12(19-18-11)16-17-15(20-23-16)10-6-5-7-13(21-3)14(10)22-4/h5-9H,1-4H3,(H,18,19). The maximum Gasteiger partial charge on any atom is 0.278 e. The molecule has 0 aliphatic carbocycles. The highest BCUT2D eigenvalue weighted by Crippen LogP contribution is 2.37. The summed E-state index contributed by atoms with van der Waals surface area (Å²) in [5, 5.41) is 11.2. The molecular formula is C16H18N4O3. The highest BCUT2D eigenvalue weighted by atomic mass is 16.5. The molecule has 0 unspecified atom stereocenters. The van der Waals surface area contributed by atoms with E-state index in [2.05, 4.69) is 34.2 Å². The molecule has 7 nitrogen and oxygen atoms in total. The lowest BCUT2D eigenvalue weighted by atomic mass is 10.1. The molecule has 2 heterocycles. The fourth-order valence-corrected chi connectivity index (χ4v) is 2.24. The van der Waals surface area contributed by atoms with Crippen molar-refractivity contribution < 1.29 is 14.0 Å². The Morgan fingerprint density at radius 2 is 2.00 bits per heavy atom. The minimum atomic E-state index is 0.345. The molecule has 0 saturated heterocycles. The molecule has 3 rings (SSSR count). The molecule has 1 aromatic carbocycles. The number of benzene rings is 1. The highest BCUT2D eigenvalue weighted by molar-refractivity contribution is 5.69. The van der Waals surface area contributed by atoms with Crippen LogP contribution in [-0.2, 0) is 0 Å². The molecular weight excluding hydrogens is 296 g/mol. The number of nitrogens with zero attached hydrogens (tertiary/aromatic N) is 3. The van der Waals surface area contributed by atoms with E-state index < -0.39 is 0 Å². The zero-order valence-corrected chi connectivity index (χ0v) is 13.5. The van der Waals surface area contributed by atoms with Gasteiger partial charge in [0.2, 0.25) is 5.82 Å². The van der Waals surface area contributed by atoms with Gasteiger partial charge in [-0.25, -0.2) is 0 Å². The monoisotopic (exact) mass is 314 g/mol. The molecule has 3 aromatic rings. The number of aromatic nitrogens is 4. The van der Waals surface area contributed by atoms with Gasteiger partial charge in [-0.2, -0.15) is 10.1 Å². The summed E-state index contributed by atoms with van der Waals surface area (Å²) in [6.07, 6.45) is 0. The summed E-state index contributed by atoms with van der Waals surface area (Å²) < 4.78 is 16.0. The molecule has 120 valence electrons. The van der Waals surface area contributed by atoms with Gasteiger partial charge in [0, 0.05) is 5.69 Å². The van der Waals surface area contributed by atoms with E-state index in [0.717, 1.165) is 5.69 Å². The first kappa shape index (κ1) is 15.1. The van der Waals surface area contributed by atoms with Crippen LogP contribution in [0.1, 0.15) is 25.5 Å². The van der Waals surface area contributed by atoms with Crippen LogP contribution >= 0.6 is 0 Å². The van der Waals surface area contributed by atoms with E-state index in [1.165, 1.54) is 0 Å². The van der Waals surface area contributed by atoms with Crippen molar-refractivity contribution in [3.63, 3.8) is 0 Å². The average Bonchev–Trinajstić information content (AvgIpc) is 3.22. The van der Waals surface area contributed by atoms with E-state index in [-0.39, 0.29) is 0 Å². The van der Waals surface area contributed by atoms with Crippen LogP contribution in [-0.4, -0.2) is 34.6 Å². The molecule has 0 aliphatic rings. The molecule has 0 fully saturated rings. The number of aromatic amines is 1. The van der Waals surface area contributed by atoms with Gasteiger partial charge in [0.05, 0.1) is 19.8 Å². The normalized spacial score (nSPS) is 11.0. The Labute approximate surface area is 133 Å². The van der Waals surface area contributed by atoms with Crippen molar-refractivity contribution >= 4 is 0 Å². The van der Waals surface area contributed by atoms with Crippen molar-refractivity contribution in [1.82, 2.24) is 20.3 Å². The lowest BCUT2D eigenvalue weighted by Crippen LogP contribution is -1.94. The van der Waals surface area contributed by atoms with Gasteiger partial charge >= 0.3 is 0 Å². The van der Waals surface area contributed by atoms with Crippen LogP contribution in [0.5, 0.6) is 11.5 Å². The van der Waals surface area contributed by atoms with E-state index in [1.54, 1.807) is 14.2 Å². The van der Waals surface area contributed by atoms with Crippen molar-refractivity contribution in [1.29, 1.82) is 0 Å². The Balaban J connectivity index is 1.99. The Bertz CT molecular complexity index is 807. The number of H-pyrrole nitrogens is 1. The number of para-hydroxylation sites is 1. The lowest BCUT2D eigenvalue weighted by Gasteiger charge is -2.09. The van der Waals surface area contributed by atoms with E-state index in [0.29, 0.717) is 40.4 Å². The molecule has 0 atom stereocenters. The van der Waals surface area contributed by atoms with Gasteiger partial charge in [-0.1, -0.05) is 25.1 Å². The smallest absolute Gasteiger partial charge is 0.278 e. The quantitative estimate of drug-likeness (QED) is 0.778. The second-order valence-corrected chi connectivity index (χ2v) is 5.33. The van der Waals surface area contributed by atoms with Gasteiger partial charge in [0.15, 0.2) is 17.2 Å². The third-order valence-electron chi connectivity index (χ3n) is 3.51. The van der Waals surface area contributed by atoms with Crippen molar-refractivity contribution in [2.24, 2.45) is 0 Å². The molecule has 0 radical (unpaired) electrons. The topological polar surface area (TPSA) is 86.1 Å². The van der Waals surface area contributed by atoms with E-state index in [1.807, 2.05) is 24.3 Å². The zero-order chi connectivity index (χ0) is 16.4. The Morgan fingerprint density at radius 1 is 1.17 bits per heavy atom. The number of rotatable bonds is 5. The first-order valence-corrected chi connectivity index (χ1v) is 7.24. The summed E-state index contributed by atoms with van der Waals surface area (Å²) in [7, 11) is 3.16. The molecule has 0 aliphatic heterocycles. The third kappa shape index (κ3) is 2.77. The third-order valence-corrected chi connectivity index (χ3v) is 3.51. The van der Waals surface area contributed by atoms with Gasteiger partial charge in [-0.15, -0.1) is 0 Å². The minimum Gasteiger partial charge on any atom is -0.493 e. The number of nitrogens with one attached hydrogen (secondary N) is 1. The van der Waals surface area contributed by atoms with Crippen molar-refractivity contribution in [3.8, 4) is 34.5 Å². The van der Waals surface area contributed by atoms with Crippen LogP contribution in [0.3, 0.4) is 0 Å². The van der Waals surface area contributed by atoms with Gasteiger partial charge in [0.25, 0.3) is 5.89 Å². The van der Waals surface area contributed by atoms with Crippen molar-refractivity contribution in [3.05, 3.63) is 30.0 Å². The molecule has 1 N–H and O–H groups in total. The summed E-state index contributed by atoms with van der Waals surface area (Å²) >= 11 is 0. The van der Waals surface area contributed by atoms with Crippen LogP contribution in [0.25, 0.3) is 23.0 Å². The van der Waals surface area contributed by atoms with Gasteiger partial charge in [0.1, 0.15) is 0 Å². The largest absolute Gasteiger partial charge is 0.493 e. The minimum absolute atomic E-state index is 0.345. The van der Waals surface area contributed by atoms with E-state index in [4.69, 9.17) is 14.0 Å². The number of ether oxygens (including phenoxy) is 2. The molecule has 2 aromatic heterocycles. The predicted octanol–water partition coefficient (Wildman–Crippen LogP) is 3.27. The summed E-state index contributed by atoms with van der Waals surface area (Å²) in [5.74, 6) is 2.29. The lowest BCUT2D eigenvalue weighted by molar-refractivity contribution is 0.355. The first-order valence-electron chi connectivity index (χ1n) is 7.24. The summed E-state index contributed by atoms with van der Waals surface area (Å²) in [4.78, 5) is 4.41. The Kier molecular flexibility index (Phi) is 4.01. The van der Waals surface area contributed by atoms with Crippen LogP contribution in [0.2, 0.25) is 0 Å². The zero-order valence-electron chi connectivity index (χ0n) is 13.5. The molecule has 0 saturated carbocycles. The SMILES string of the molecule is COc1cccc(-c2noc(-c3cc(C(C)C)[nH]n3)n2)c1OC. The maximum absolute atomic E-state index is 5.40. The van der Waals surface area contributed by atoms with Gasteiger partial charge in [-0.3, -0.25) is 5.10 Å².